The van der Waals surface area contributed by atoms with Crippen molar-refractivity contribution in [1.82, 2.24) is 4.98 Å². The van der Waals surface area contributed by atoms with E-state index in [1.165, 1.54) is 11.3 Å². The summed E-state index contributed by atoms with van der Waals surface area (Å²) in [4.78, 5) is 19.6. The van der Waals surface area contributed by atoms with E-state index in [-0.39, 0.29) is 18.6 Å². The predicted octanol–water partition coefficient (Wildman–Crippen LogP) is 4.42. The monoisotopic (exact) mass is 454 g/mol. The summed E-state index contributed by atoms with van der Waals surface area (Å²) in [5, 5.41) is 2.58. The van der Waals surface area contributed by atoms with Crippen LogP contribution < -0.4 is 19.1 Å². The van der Waals surface area contributed by atoms with Crippen molar-refractivity contribution in [2.45, 2.75) is 18.9 Å². The van der Waals surface area contributed by atoms with Gasteiger partial charge in [0.05, 0.1) is 32.6 Å². The van der Waals surface area contributed by atoms with Gasteiger partial charge >= 0.3 is 0 Å². The molecule has 0 radical (unpaired) electrons. The Hall–Kier alpha value is -3.10. The maximum Gasteiger partial charge on any atom is 0.266 e. The lowest BCUT2D eigenvalue weighted by Crippen LogP contribution is -2.40. The van der Waals surface area contributed by atoms with E-state index in [2.05, 4.69) is 0 Å². The molecule has 1 amide bonds. The van der Waals surface area contributed by atoms with Gasteiger partial charge in [-0.15, -0.1) is 11.3 Å². The second-order valence-corrected chi connectivity index (χ2v) is 8.19. The van der Waals surface area contributed by atoms with Crippen LogP contribution in [0.5, 0.6) is 17.2 Å². The number of methoxy groups -OCH3 is 2. The van der Waals surface area contributed by atoms with E-state index in [1.54, 1.807) is 31.3 Å². The maximum atomic E-state index is 13.2. The molecule has 0 spiro atoms. The van der Waals surface area contributed by atoms with Gasteiger partial charge < -0.3 is 18.9 Å². The number of carbonyl (C=O) groups is 1. The number of ether oxygens (including phenoxy) is 4. The number of benzene rings is 2. The van der Waals surface area contributed by atoms with Gasteiger partial charge in [0.2, 0.25) is 0 Å². The Morgan fingerprint density at radius 3 is 2.62 bits per heavy atom. The van der Waals surface area contributed by atoms with Crippen LogP contribution in [0.2, 0.25) is 0 Å². The van der Waals surface area contributed by atoms with Gasteiger partial charge in [-0.1, -0.05) is 6.07 Å². The summed E-state index contributed by atoms with van der Waals surface area (Å²) in [6.07, 6.45) is 1.93. The smallest absolute Gasteiger partial charge is 0.266 e. The molecule has 1 fully saturated rings. The lowest BCUT2D eigenvalue weighted by atomic mass is 10.2. The van der Waals surface area contributed by atoms with Crippen LogP contribution in [0.3, 0.4) is 0 Å². The first-order valence-corrected chi connectivity index (χ1v) is 11.3. The fraction of sp³-hybridized carbons (Fsp3) is 0.333. The summed E-state index contributed by atoms with van der Waals surface area (Å²) in [6, 6.07) is 14.9. The summed E-state index contributed by atoms with van der Waals surface area (Å²) in [5.41, 5.74) is 1.77. The van der Waals surface area contributed by atoms with Crippen LogP contribution in [-0.2, 0) is 9.53 Å². The van der Waals surface area contributed by atoms with Crippen molar-refractivity contribution in [3.63, 3.8) is 0 Å². The largest absolute Gasteiger partial charge is 0.497 e. The number of nitrogens with zero attached hydrogens (tertiary/aromatic N) is 2. The molecule has 0 N–H and O–H groups in total. The van der Waals surface area contributed by atoms with Crippen molar-refractivity contribution < 1.29 is 23.7 Å². The number of anilines is 1. The highest BCUT2D eigenvalue weighted by atomic mass is 32.1. The zero-order chi connectivity index (χ0) is 22.3. The van der Waals surface area contributed by atoms with Gasteiger partial charge in [-0.2, -0.15) is 0 Å². The minimum atomic E-state index is -0.168. The summed E-state index contributed by atoms with van der Waals surface area (Å²) >= 11 is 1.43. The second-order valence-electron chi connectivity index (χ2n) is 7.35. The average Bonchev–Trinajstić information content (AvgIpc) is 3.53. The van der Waals surface area contributed by atoms with Crippen LogP contribution in [0.25, 0.3) is 11.3 Å². The lowest BCUT2D eigenvalue weighted by Gasteiger charge is -2.23. The summed E-state index contributed by atoms with van der Waals surface area (Å²) in [6.45, 7) is 1.08. The van der Waals surface area contributed by atoms with E-state index < -0.39 is 0 Å². The molecule has 3 aromatic rings. The van der Waals surface area contributed by atoms with Gasteiger partial charge in [-0.05, 0) is 49.2 Å². The zero-order valence-electron chi connectivity index (χ0n) is 18.2. The first kappa shape index (κ1) is 22.1. The van der Waals surface area contributed by atoms with Crippen molar-refractivity contribution in [1.29, 1.82) is 0 Å². The third-order valence-electron chi connectivity index (χ3n) is 5.22. The molecule has 1 saturated heterocycles. The van der Waals surface area contributed by atoms with Crippen molar-refractivity contribution in [2.24, 2.45) is 0 Å². The number of thiazole rings is 1. The van der Waals surface area contributed by atoms with Crippen LogP contribution in [0.1, 0.15) is 12.8 Å². The molecular formula is C24H26N2O5S. The van der Waals surface area contributed by atoms with E-state index in [0.29, 0.717) is 23.2 Å². The minimum Gasteiger partial charge on any atom is -0.497 e. The summed E-state index contributed by atoms with van der Waals surface area (Å²) in [5.74, 6) is 1.87. The first-order valence-electron chi connectivity index (χ1n) is 10.4. The van der Waals surface area contributed by atoms with Gasteiger partial charge in [-0.3, -0.25) is 9.69 Å². The first-order chi connectivity index (χ1) is 15.7. The van der Waals surface area contributed by atoms with Crippen LogP contribution in [0.15, 0.2) is 53.9 Å². The zero-order valence-corrected chi connectivity index (χ0v) is 19.0. The summed E-state index contributed by atoms with van der Waals surface area (Å²) in [7, 11) is 3.23. The highest BCUT2D eigenvalue weighted by Crippen LogP contribution is 2.30. The van der Waals surface area contributed by atoms with E-state index >= 15 is 0 Å². The Labute approximate surface area is 191 Å². The molecule has 0 bridgehead atoms. The third kappa shape index (κ3) is 5.38. The maximum absolute atomic E-state index is 13.2. The van der Waals surface area contributed by atoms with Crippen LogP contribution in [0, 0.1) is 0 Å². The van der Waals surface area contributed by atoms with Crippen molar-refractivity contribution >= 4 is 22.4 Å². The Morgan fingerprint density at radius 1 is 1.12 bits per heavy atom. The second kappa shape index (κ2) is 10.5. The molecule has 0 saturated carbocycles. The van der Waals surface area contributed by atoms with Gasteiger partial charge in [-0.25, -0.2) is 4.98 Å². The molecule has 7 nitrogen and oxygen atoms in total. The van der Waals surface area contributed by atoms with Gasteiger partial charge in [0, 0.05) is 23.6 Å². The Bertz CT molecular complexity index is 1030. The van der Waals surface area contributed by atoms with Gasteiger partial charge in [0.25, 0.3) is 5.91 Å². The number of carbonyl (C=O) groups excluding carboxylic acids is 1. The normalized spacial score (nSPS) is 15.4. The molecule has 2 aromatic carbocycles. The minimum absolute atomic E-state index is 0.00380. The van der Waals surface area contributed by atoms with Crippen LogP contribution in [-0.4, -0.2) is 51.0 Å². The molecule has 0 aliphatic carbocycles. The number of aromatic nitrogens is 1. The molecule has 2 heterocycles. The molecule has 32 heavy (non-hydrogen) atoms. The van der Waals surface area contributed by atoms with Gasteiger partial charge in [0.1, 0.15) is 17.2 Å². The Balaban J connectivity index is 1.50. The summed E-state index contributed by atoms with van der Waals surface area (Å²) < 4.78 is 22.0. The SMILES string of the molecule is COc1ccc(-c2csc(N(C[C@H]3CCCO3)C(=O)COc3cccc(OC)c3)n2)cc1. The van der Waals surface area contributed by atoms with Gasteiger partial charge in [0.15, 0.2) is 11.7 Å². The molecular weight excluding hydrogens is 428 g/mol. The molecule has 1 aromatic heterocycles. The highest BCUT2D eigenvalue weighted by Gasteiger charge is 2.26. The van der Waals surface area contributed by atoms with E-state index in [1.807, 2.05) is 41.8 Å². The molecule has 4 rings (SSSR count). The number of rotatable bonds is 9. The fourth-order valence-corrected chi connectivity index (χ4v) is 4.34. The fourth-order valence-electron chi connectivity index (χ4n) is 3.48. The highest BCUT2D eigenvalue weighted by molar-refractivity contribution is 7.14. The van der Waals surface area contributed by atoms with Crippen molar-refractivity contribution in [3.05, 3.63) is 53.9 Å². The molecule has 1 aliphatic heterocycles. The average molecular weight is 455 g/mol. The third-order valence-corrected chi connectivity index (χ3v) is 6.09. The number of hydrogen-bond acceptors (Lipinski definition) is 7. The predicted molar refractivity (Wildman–Crippen MR) is 124 cm³/mol. The van der Waals surface area contributed by atoms with Crippen LogP contribution >= 0.6 is 11.3 Å². The molecule has 8 heteroatoms. The lowest BCUT2D eigenvalue weighted by molar-refractivity contribution is -0.120. The molecule has 1 atom stereocenters. The van der Waals surface area contributed by atoms with E-state index in [4.69, 9.17) is 23.9 Å². The number of hydrogen-bond donors (Lipinski definition) is 0. The van der Waals surface area contributed by atoms with Crippen molar-refractivity contribution in [3.8, 4) is 28.5 Å². The Kier molecular flexibility index (Phi) is 7.24. The van der Waals surface area contributed by atoms with E-state index in [9.17, 15) is 4.79 Å². The topological polar surface area (TPSA) is 70.1 Å². The Morgan fingerprint density at radius 2 is 1.91 bits per heavy atom. The van der Waals surface area contributed by atoms with E-state index in [0.717, 1.165) is 36.5 Å². The van der Waals surface area contributed by atoms with Crippen LogP contribution in [0.4, 0.5) is 5.13 Å². The molecule has 168 valence electrons. The molecule has 0 unspecified atom stereocenters. The number of amides is 1. The quantitative estimate of drug-likeness (QED) is 0.477. The standard InChI is InChI=1S/C24H26N2O5S/c1-28-18-10-8-17(9-11-18)22-16-32-24(25-22)26(14-21-7-4-12-30-21)23(27)15-31-20-6-3-5-19(13-20)29-2/h3,5-6,8-11,13,16,21H,4,7,12,14-15H2,1-2H3/t21-/m1/s1. The van der Waals surface area contributed by atoms with Crippen molar-refractivity contribution in [2.75, 3.05) is 38.9 Å². The molecule has 1 aliphatic rings.